The van der Waals surface area contributed by atoms with Crippen LogP contribution in [0.4, 0.5) is 0 Å². The van der Waals surface area contributed by atoms with Crippen molar-refractivity contribution >= 4 is 45.2 Å². The molecule has 28 heavy (non-hydrogen) atoms. The molecule has 142 valence electrons. The molecule has 0 spiro atoms. The van der Waals surface area contributed by atoms with E-state index >= 15 is 0 Å². The molecule has 1 unspecified atom stereocenters. The Bertz CT molecular complexity index is 1220. The first-order chi connectivity index (χ1) is 13.3. The summed E-state index contributed by atoms with van der Waals surface area (Å²) in [6.07, 6.45) is 7.53. The lowest BCUT2D eigenvalue weighted by Gasteiger charge is -2.29. The molecule has 0 radical (unpaired) electrons. The van der Waals surface area contributed by atoms with Crippen molar-refractivity contribution in [1.82, 2.24) is 19.1 Å². The number of nitrogens with zero attached hydrogens (tertiary/aromatic N) is 5. The van der Waals surface area contributed by atoms with E-state index in [1.165, 1.54) is 0 Å². The summed E-state index contributed by atoms with van der Waals surface area (Å²) < 4.78 is 19.9. The smallest absolute Gasteiger partial charge is 0.393 e. The number of fused-ring (bicyclic) bond motifs is 2. The molecular formula is C19H20BBrN5O2+. The Morgan fingerprint density at radius 1 is 1.14 bits per heavy atom. The van der Waals surface area contributed by atoms with Crippen molar-refractivity contribution in [3.63, 3.8) is 0 Å². The summed E-state index contributed by atoms with van der Waals surface area (Å²) in [5.74, 6) is 0. The normalized spacial score (nSPS) is 21.8. The second kappa shape index (κ2) is 5.89. The minimum absolute atomic E-state index is 0.535. The van der Waals surface area contributed by atoms with Gasteiger partial charge in [0.05, 0.1) is 23.6 Å². The zero-order valence-electron chi connectivity index (χ0n) is 16.1. The van der Waals surface area contributed by atoms with Crippen LogP contribution in [-0.2, 0) is 22.1 Å². The van der Waals surface area contributed by atoms with E-state index in [1.54, 1.807) is 6.20 Å². The van der Waals surface area contributed by atoms with Gasteiger partial charge in [-0.1, -0.05) is 16.8 Å². The standard InChI is InChI=1S/C19H20BBrN5O2/c1-18(2)19(3,26-11-14(21)17-22-9-6-10-25(17)26)28-20(27-18)13-7-5-8-15-16(13)23-12-24(15)4/h5-12H,1-4H3/q+1. The van der Waals surface area contributed by atoms with Crippen molar-refractivity contribution in [3.05, 3.63) is 53.7 Å². The third kappa shape index (κ3) is 2.33. The molecule has 0 saturated carbocycles. The van der Waals surface area contributed by atoms with E-state index in [0.29, 0.717) is 0 Å². The van der Waals surface area contributed by atoms with Gasteiger partial charge in [-0.05, 0) is 41.9 Å². The third-order valence-electron chi connectivity index (χ3n) is 5.74. The molecule has 0 N–H and O–H groups in total. The van der Waals surface area contributed by atoms with Gasteiger partial charge < -0.3 is 13.9 Å². The molecule has 5 rings (SSSR count). The van der Waals surface area contributed by atoms with Crippen molar-refractivity contribution in [2.45, 2.75) is 32.1 Å². The quantitative estimate of drug-likeness (QED) is 0.354. The highest BCUT2D eigenvalue weighted by Gasteiger charge is 2.63. The molecule has 1 aliphatic rings. The lowest BCUT2D eigenvalue weighted by Crippen LogP contribution is -2.66. The van der Waals surface area contributed by atoms with Crippen LogP contribution in [0, 0.1) is 0 Å². The van der Waals surface area contributed by atoms with Crippen LogP contribution in [0.15, 0.2) is 53.7 Å². The van der Waals surface area contributed by atoms with Gasteiger partial charge in [-0.15, -0.1) is 4.52 Å². The third-order valence-corrected chi connectivity index (χ3v) is 6.30. The summed E-state index contributed by atoms with van der Waals surface area (Å²) in [5.41, 5.74) is 2.30. The number of aryl methyl sites for hydroxylation is 1. The number of rotatable bonds is 2. The van der Waals surface area contributed by atoms with Crippen molar-refractivity contribution in [1.29, 1.82) is 0 Å². The van der Waals surface area contributed by atoms with Crippen LogP contribution in [0.2, 0.25) is 0 Å². The second-order valence-electron chi connectivity index (χ2n) is 7.74. The van der Waals surface area contributed by atoms with Crippen LogP contribution >= 0.6 is 15.9 Å². The number of imidazole rings is 1. The Kier molecular flexibility index (Phi) is 3.75. The van der Waals surface area contributed by atoms with Gasteiger partial charge in [0.15, 0.2) is 0 Å². The Morgan fingerprint density at radius 3 is 2.79 bits per heavy atom. The minimum Gasteiger partial charge on any atom is -0.393 e. The topological polar surface area (TPSA) is 57.5 Å². The molecule has 4 aromatic rings. The van der Waals surface area contributed by atoms with Gasteiger partial charge in [0.1, 0.15) is 10.1 Å². The summed E-state index contributed by atoms with van der Waals surface area (Å²) in [6.45, 7) is 6.13. The van der Waals surface area contributed by atoms with Gasteiger partial charge in [-0.3, -0.25) is 0 Å². The van der Waals surface area contributed by atoms with Gasteiger partial charge in [-0.2, -0.15) is 0 Å². The molecule has 9 heteroatoms. The van der Waals surface area contributed by atoms with Crippen LogP contribution in [0.5, 0.6) is 0 Å². The molecule has 3 aromatic heterocycles. The minimum atomic E-state index is -0.771. The number of para-hydroxylation sites is 1. The van der Waals surface area contributed by atoms with E-state index < -0.39 is 18.4 Å². The number of benzene rings is 1. The number of halogens is 1. The summed E-state index contributed by atoms with van der Waals surface area (Å²) in [7, 11) is 1.45. The van der Waals surface area contributed by atoms with Gasteiger partial charge >= 0.3 is 12.8 Å². The summed E-state index contributed by atoms with van der Waals surface area (Å²) in [6, 6.07) is 7.96. The van der Waals surface area contributed by atoms with E-state index in [-0.39, 0.29) is 0 Å². The molecule has 1 saturated heterocycles. The molecular weight excluding hydrogens is 421 g/mol. The van der Waals surface area contributed by atoms with Crippen molar-refractivity contribution < 1.29 is 14.0 Å². The monoisotopic (exact) mass is 440 g/mol. The first-order valence-corrected chi connectivity index (χ1v) is 9.91. The molecule has 0 amide bonds. The van der Waals surface area contributed by atoms with Crippen LogP contribution in [0.1, 0.15) is 20.8 Å². The average Bonchev–Trinajstić information content (AvgIpc) is 3.29. The Balaban J connectivity index is 1.65. The van der Waals surface area contributed by atoms with E-state index in [2.05, 4.69) is 25.9 Å². The number of aromatic nitrogens is 5. The molecule has 1 fully saturated rings. The molecule has 1 atom stereocenters. The van der Waals surface area contributed by atoms with Crippen LogP contribution in [0.3, 0.4) is 0 Å². The molecule has 1 aromatic carbocycles. The molecule has 4 heterocycles. The highest BCUT2D eigenvalue weighted by Crippen LogP contribution is 2.38. The van der Waals surface area contributed by atoms with E-state index in [9.17, 15) is 0 Å². The fourth-order valence-corrected chi connectivity index (χ4v) is 4.32. The number of hydrogen-bond acceptors (Lipinski definition) is 4. The molecule has 0 aliphatic carbocycles. The molecule has 1 aliphatic heterocycles. The predicted molar refractivity (Wildman–Crippen MR) is 109 cm³/mol. The largest absolute Gasteiger partial charge is 0.501 e. The van der Waals surface area contributed by atoms with Crippen LogP contribution in [-0.4, -0.2) is 31.8 Å². The summed E-state index contributed by atoms with van der Waals surface area (Å²) >= 11 is 3.61. The lowest BCUT2D eigenvalue weighted by atomic mass is 9.78. The summed E-state index contributed by atoms with van der Waals surface area (Å²) in [4.78, 5) is 9.02. The maximum Gasteiger partial charge on any atom is 0.501 e. The first kappa shape index (κ1) is 17.8. The van der Waals surface area contributed by atoms with Crippen molar-refractivity contribution in [3.8, 4) is 0 Å². The number of hydrogen-bond donors (Lipinski definition) is 0. The zero-order chi connectivity index (χ0) is 19.7. The van der Waals surface area contributed by atoms with E-state index in [4.69, 9.17) is 9.31 Å². The first-order valence-electron chi connectivity index (χ1n) is 9.11. The van der Waals surface area contributed by atoms with Crippen LogP contribution in [0.25, 0.3) is 16.7 Å². The van der Waals surface area contributed by atoms with E-state index in [0.717, 1.165) is 26.6 Å². The van der Waals surface area contributed by atoms with Gasteiger partial charge in [0, 0.05) is 25.6 Å². The van der Waals surface area contributed by atoms with Crippen molar-refractivity contribution in [2.75, 3.05) is 0 Å². The van der Waals surface area contributed by atoms with Crippen LogP contribution < -0.4 is 10.1 Å². The highest BCUT2D eigenvalue weighted by molar-refractivity contribution is 9.10. The maximum absolute atomic E-state index is 6.60. The average molecular weight is 441 g/mol. The Hall–Kier alpha value is -2.23. The molecule has 7 nitrogen and oxygen atoms in total. The Morgan fingerprint density at radius 2 is 1.96 bits per heavy atom. The SMILES string of the molecule is Cn1cnc2c(B3OC(C)(C)C(C)([n+]4cc(Br)c5ncccn54)O3)cccc21. The second-order valence-corrected chi connectivity index (χ2v) is 8.60. The fourth-order valence-electron chi connectivity index (χ4n) is 3.84. The maximum atomic E-state index is 6.60. The summed E-state index contributed by atoms with van der Waals surface area (Å²) in [5, 5.41) is 0. The predicted octanol–water partition coefficient (Wildman–Crippen LogP) is 2.16. The lowest BCUT2D eigenvalue weighted by molar-refractivity contribution is -0.857. The van der Waals surface area contributed by atoms with Crippen molar-refractivity contribution in [2.24, 2.45) is 7.05 Å². The van der Waals surface area contributed by atoms with Gasteiger partial charge in [0.2, 0.25) is 11.8 Å². The Labute approximate surface area is 171 Å². The van der Waals surface area contributed by atoms with Gasteiger partial charge in [-0.25, -0.2) is 9.97 Å². The van der Waals surface area contributed by atoms with Gasteiger partial charge in [0.25, 0.3) is 0 Å². The molecule has 0 bridgehead atoms. The zero-order valence-corrected chi connectivity index (χ0v) is 17.7. The van der Waals surface area contributed by atoms with E-state index in [1.807, 2.05) is 84.6 Å². The fraction of sp³-hybridized carbons (Fsp3) is 0.316. The highest BCUT2D eigenvalue weighted by atomic mass is 79.9.